The maximum Gasteiger partial charge on any atom is 0.326 e. The molecule has 6 nitrogen and oxygen atoms in total. The molecule has 3 N–H and O–H groups in total. The number of aromatic nitrogens is 1. The fourth-order valence-corrected chi connectivity index (χ4v) is 5.10. The van der Waals surface area contributed by atoms with Gasteiger partial charge < -0.3 is 15.7 Å². The summed E-state index contributed by atoms with van der Waals surface area (Å²) in [7, 11) is 0. The van der Waals surface area contributed by atoms with Crippen molar-refractivity contribution in [2.24, 2.45) is 5.92 Å². The van der Waals surface area contributed by atoms with E-state index in [1.54, 1.807) is 12.3 Å². The van der Waals surface area contributed by atoms with Gasteiger partial charge >= 0.3 is 5.97 Å². The molecule has 0 aliphatic heterocycles. The van der Waals surface area contributed by atoms with Crippen molar-refractivity contribution < 1.29 is 14.7 Å². The third kappa shape index (κ3) is 7.57. The van der Waals surface area contributed by atoms with Crippen molar-refractivity contribution >= 4 is 46.8 Å². The van der Waals surface area contributed by atoms with Gasteiger partial charge in [0.05, 0.1) is 21.3 Å². The molecular formula is C29H29Cl2N3O3. The summed E-state index contributed by atoms with van der Waals surface area (Å²) in [6.45, 7) is 0. The molecule has 192 valence electrons. The van der Waals surface area contributed by atoms with E-state index in [9.17, 15) is 14.7 Å². The fraction of sp³-hybridized carbons (Fsp3) is 0.276. The van der Waals surface area contributed by atoms with Gasteiger partial charge in [0.2, 0.25) is 0 Å². The third-order valence-electron chi connectivity index (χ3n) is 6.58. The van der Waals surface area contributed by atoms with Gasteiger partial charge in [-0.05, 0) is 67.0 Å². The number of hydrogen-bond donors (Lipinski definition) is 3. The van der Waals surface area contributed by atoms with E-state index in [1.807, 2.05) is 42.6 Å². The Labute approximate surface area is 226 Å². The normalized spacial score (nSPS) is 18.3. The molecule has 1 unspecified atom stereocenters. The maximum atomic E-state index is 12.6. The Morgan fingerprint density at radius 3 is 2.32 bits per heavy atom. The first-order valence-electron chi connectivity index (χ1n) is 12.3. The number of carbonyl (C=O) groups excluding carboxylic acids is 1. The number of nitrogens with zero attached hydrogens (tertiary/aromatic N) is 1. The van der Waals surface area contributed by atoms with E-state index in [4.69, 9.17) is 23.2 Å². The number of nitrogens with one attached hydrogen (secondary N) is 2. The summed E-state index contributed by atoms with van der Waals surface area (Å²) in [5.41, 5.74) is 2.99. The number of carboxylic acids is 1. The lowest BCUT2D eigenvalue weighted by molar-refractivity contribution is -0.139. The van der Waals surface area contributed by atoms with Gasteiger partial charge in [-0.1, -0.05) is 65.7 Å². The standard InChI is InChI=1S/C29H29Cl2N3O3/c30-24-4-1-5-25(31)27(24)28(35)34-26(29(36)37)17-21-10-8-19(9-11-21)6-7-20-12-14-22(15-13-20)33-23-3-2-16-32-18-23/h1-11,16,18,20,22,26,33H,12-15,17H2,(H,34,35)(H,36,37). The predicted molar refractivity (Wildman–Crippen MR) is 148 cm³/mol. The monoisotopic (exact) mass is 537 g/mol. The summed E-state index contributed by atoms with van der Waals surface area (Å²) in [5, 5.41) is 16.1. The molecule has 1 atom stereocenters. The van der Waals surface area contributed by atoms with Crippen LogP contribution in [-0.4, -0.2) is 34.1 Å². The first-order chi connectivity index (χ1) is 17.9. The number of carbonyl (C=O) groups is 2. The SMILES string of the molecule is O=C(NC(Cc1ccc(C=CC2CCC(Nc3cccnc3)CC2)cc1)C(=O)O)c1c(Cl)cccc1Cl. The van der Waals surface area contributed by atoms with Gasteiger partial charge in [-0.2, -0.15) is 0 Å². The highest BCUT2D eigenvalue weighted by molar-refractivity contribution is 6.39. The minimum absolute atomic E-state index is 0.0689. The average molecular weight is 538 g/mol. The molecule has 2 aromatic carbocycles. The molecule has 1 heterocycles. The van der Waals surface area contributed by atoms with Gasteiger partial charge in [-0.15, -0.1) is 0 Å². The molecule has 1 aromatic heterocycles. The summed E-state index contributed by atoms with van der Waals surface area (Å²) >= 11 is 12.2. The highest BCUT2D eigenvalue weighted by Gasteiger charge is 2.24. The Kier molecular flexibility index (Phi) is 9.20. The quantitative estimate of drug-likeness (QED) is 0.289. The van der Waals surface area contributed by atoms with Crippen molar-refractivity contribution in [2.45, 2.75) is 44.2 Å². The molecule has 0 bridgehead atoms. The molecule has 8 heteroatoms. The van der Waals surface area contributed by atoms with E-state index >= 15 is 0 Å². The molecule has 37 heavy (non-hydrogen) atoms. The number of halogens is 2. The van der Waals surface area contributed by atoms with Crippen LogP contribution in [-0.2, 0) is 11.2 Å². The minimum Gasteiger partial charge on any atom is -0.480 e. The number of anilines is 1. The van der Waals surface area contributed by atoms with Crippen LogP contribution in [0.5, 0.6) is 0 Å². The van der Waals surface area contributed by atoms with E-state index in [2.05, 4.69) is 27.8 Å². The molecular weight excluding hydrogens is 509 g/mol. The smallest absolute Gasteiger partial charge is 0.326 e. The van der Waals surface area contributed by atoms with Crippen molar-refractivity contribution in [3.8, 4) is 0 Å². The lowest BCUT2D eigenvalue weighted by Crippen LogP contribution is -2.42. The van der Waals surface area contributed by atoms with Gasteiger partial charge in [-0.25, -0.2) is 4.79 Å². The lowest BCUT2D eigenvalue weighted by Gasteiger charge is -2.28. The van der Waals surface area contributed by atoms with Crippen LogP contribution in [0, 0.1) is 5.92 Å². The van der Waals surface area contributed by atoms with Gasteiger partial charge in [-0.3, -0.25) is 9.78 Å². The lowest BCUT2D eigenvalue weighted by atomic mass is 9.85. The minimum atomic E-state index is -1.13. The highest BCUT2D eigenvalue weighted by Crippen LogP contribution is 2.28. The number of allylic oxidation sites excluding steroid dienone is 1. The number of carboxylic acid groups (broad SMARTS) is 1. The average Bonchev–Trinajstić information content (AvgIpc) is 2.89. The number of rotatable bonds is 9. The van der Waals surface area contributed by atoms with Crippen LogP contribution in [0.4, 0.5) is 5.69 Å². The molecule has 3 aromatic rings. The molecule has 1 aliphatic rings. The van der Waals surface area contributed by atoms with Crippen molar-refractivity contribution in [3.05, 3.63) is 99.8 Å². The third-order valence-corrected chi connectivity index (χ3v) is 7.21. The number of amides is 1. The van der Waals surface area contributed by atoms with E-state index in [-0.39, 0.29) is 22.0 Å². The van der Waals surface area contributed by atoms with Gasteiger partial charge in [0.25, 0.3) is 5.91 Å². The molecule has 1 amide bonds. The number of pyridine rings is 1. The molecule has 0 radical (unpaired) electrons. The van der Waals surface area contributed by atoms with Gasteiger partial charge in [0, 0.05) is 24.9 Å². The Morgan fingerprint density at radius 1 is 1.00 bits per heavy atom. The predicted octanol–water partition coefficient (Wildman–Crippen LogP) is 6.50. The summed E-state index contributed by atoms with van der Waals surface area (Å²) in [4.78, 5) is 28.6. The zero-order valence-corrected chi connectivity index (χ0v) is 21.8. The number of benzene rings is 2. The van der Waals surface area contributed by atoms with Crippen LogP contribution < -0.4 is 10.6 Å². The van der Waals surface area contributed by atoms with Crippen molar-refractivity contribution in [1.82, 2.24) is 10.3 Å². The largest absolute Gasteiger partial charge is 0.480 e. The summed E-state index contributed by atoms with van der Waals surface area (Å²) in [6, 6.07) is 15.8. The maximum absolute atomic E-state index is 12.6. The summed E-state index contributed by atoms with van der Waals surface area (Å²) < 4.78 is 0. The van der Waals surface area contributed by atoms with E-state index in [0.717, 1.165) is 42.5 Å². The van der Waals surface area contributed by atoms with Gasteiger partial charge in [0.15, 0.2) is 0 Å². The van der Waals surface area contributed by atoms with Crippen LogP contribution in [0.3, 0.4) is 0 Å². The molecule has 0 saturated heterocycles. The van der Waals surface area contributed by atoms with E-state index in [1.165, 1.54) is 12.1 Å². The first kappa shape index (κ1) is 26.7. The van der Waals surface area contributed by atoms with Crippen LogP contribution in [0.1, 0.15) is 47.2 Å². The summed E-state index contributed by atoms with van der Waals surface area (Å²) in [6.07, 6.45) is 12.7. The number of aliphatic carboxylic acids is 1. The first-order valence-corrected chi connectivity index (χ1v) is 13.1. The highest BCUT2D eigenvalue weighted by atomic mass is 35.5. The second-order valence-corrected chi connectivity index (χ2v) is 10.1. The van der Waals surface area contributed by atoms with Crippen LogP contribution in [0.25, 0.3) is 6.08 Å². The molecule has 1 aliphatic carbocycles. The molecule has 1 saturated carbocycles. The van der Waals surface area contributed by atoms with Crippen molar-refractivity contribution in [3.63, 3.8) is 0 Å². The van der Waals surface area contributed by atoms with Crippen LogP contribution in [0.2, 0.25) is 10.0 Å². The Hall–Kier alpha value is -3.35. The zero-order valence-electron chi connectivity index (χ0n) is 20.2. The zero-order chi connectivity index (χ0) is 26.2. The topological polar surface area (TPSA) is 91.3 Å². The summed E-state index contributed by atoms with van der Waals surface area (Å²) in [5.74, 6) is -1.21. The fourth-order valence-electron chi connectivity index (χ4n) is 4.53. The molecule has 4 rings (SSSR count). The Balaban J connectivity index is 1.29. The van der Waals surface area contributed by atoms with Crippen LogP contribution >= 0.6 is 23.2 Å². The van der Waals surface area contributed by atoms with Crippen molar-refractivity contribution in [1.29, 1.82) is 0 Å². The number of hydrogen-bond acceptors (Lipinski definition) is 4. The van der Waals surface area contributed by atoms with Gasteiger partial charge in [0.1, 0.15) is 6.04 Å². The second kappa shape index (κ2) is 12.7. The van der Waals surface area contributed by atoms with E-state index in [0.29, 0.717) is 12.0 Å². The molecule has 1 fully saturated rings. The molecule has 0 spiro atoms. The van der Waals surface area contributed by atoms with Crippen molar-refractivity contribution in [2.75, 3.05) is 5.32 Å². The van der Waals surface area contributed by atoms with E-state index < -0.39 is 17.9 Å². The van der Waals surface area contributed by atoms with Crippen LogP contribution in [0.15, 0.2) is 73.1 Å². The Bertz CT molecular complexity index is 1220. The Morgan fingerprint density at radius 2 is 1.70 bits per heavy atom. The second-order valence-electron chi connectivity index (χ2n) is 9.26.